The quantitative estimate of drug-likeness (QED) is 0.813. The maximum Gasteiger partial charge on any atom is 0.329 e. The van der Waals surface area contributed by atoms with E-state index in [0.29, 0.717) is 34.4 Å². The Hall–Kier alpha value is -1.76. The number of carboxylic acid groups (broad SMARTS) is 1. The minimum Gasteiger partial charge on any atom is -0.493 e. The van der Waals surface area contributed by atoms with E-state index in [9.17, 15) is 14.7 Å². The van der Waals surface area contributed by atoms with E-state index in [4.69, 9.17) is 9.47 Å². The Bertz CT molecular complexity index is 611. The Morgan fingerprint density at radius 1 is 1.17 bits per heavy atom. The van der Waals surface area contributed by atoms with Crippen molar-refractivity contribution in [2.45, 2.75) is 37.6 Å². The van der Waals surface area contributed by atoms with Crippen molar-refractivity contribution in [3.8, 4) is 11.5 Å². The number of carbonyl (C=O) groups is 2. The zero-order valence-corrected chi connectivity index (χ0v) is 14.7. The van der Waals surface area contributed by atoms with Gasteiger partial charge in [-0.25, -0.2) is 4.79 Å². The van der Waals surface area contributed by atoms with Gasteiger partial charge in [0, 0.05) is 5.56 Å². The lowest BCUT2D eigenvalue weighted by molar-refractivity contribution is -0.145. The van der Waals surface area contributed by atoms with Gasteiger partial charge in [0.1, 0.15) is 5.54 Å². The van der Waals surface area contributed by atoms with Gasteiger partial charge in [-0.05, 0) is 40.9 Å². The molecule has 1 saturated carbocycles. The van der Waals surface area contributed by atoms with E-state index in [1.807, 2.05) is 0 Å². The number of hydrogen-bond acceptors (Lipinski definition) is 4. The molecule has 1 aromatic carbocycles. The summed E-state index contributed by atoms with van der Waals surface area (Å²) >= 11 is 3.33. The van der Waals surface area contributed by atoms with E-state index >= 15 is 0 Å². The summed E-state index contributed by atoms with van der Waals surface area (Å²) in [6, 6.07) is 3.13. The molecule has 0 aromatic heterocycles. The molecule has 23 heavy (non-hydrogen) atoms. The Labute approximate surface area is 143 Å². The Morgan fingerprint density at radius 2 is 1.83 bits per heavy atom. The standard InChI is InChI=1S/C16H20BrNO5/c1-22-12-9-10(8-11(17)13(12)23-2)14(19)18-16(15(20)21)6-4-3-5-7-16/h8-9H,3-7H2,1-2H3,(H,18,19)(H,20,21). The molecule has 0 radical (unpaired) electrons. The molecule has 0 saturated heterocycles. The fourth-order valence-corrected chi connectivity index (χ4v) is 3.49. The van der Waals surface area contributed by atoms with Gasteiger partial charge in [0.25, 0.3) is 5.91 Å². The third-order valence-corrected chi connectivity index (χ3v) is 4.75. The first-order valence-electron chi connectivity index (χ1n) is 7.41. The van der Waals surface area contributed by atoms with Crippen LogP contribution in [0.1, 0.15) is 42.5 Å². The summed E-state index contributed by atoms with van der Waals surface area (Å²) in [5.74, 6) is -0.532. The first-order chi connectivity index (χ1) is 10.9. The summed E-state index contributed by atoms with van der Waals surface area (Å²) in [4.78, 5) is 24.2. The highest BCUT2D eigenvalue weighted by Crippen LogP contribution is 2.36. The Kier molecular flexibility index (Phi) is 5.51. The summed E-state index contributed by atoms with van der Waals surface area (Å²) in [7, 11) is 2.98. The first kappa shape index (κ1) is 17.6. The first-order valence-corrected chi connectivity index (χ1v) is 8.20. The van der Waals surface area contributed by atoms with Gasteiger partial charge in [-0.2, -0.15) is 0 Å². The fourth-order valence-electron chi connectivity index (χ4n) is 2.89. The third kappa shape index (κ3) is 3.60. The third-order valence-electron chi connectivity index (χ3n) is 4.17. The van der Waals surface area contributed by atoms with Crippen LogP contribution in [0.5, 0.6) is 11.5 Å². The second-order valence-corrected chi connectivity index (χ2v) is 6.45. The zero-order valence-electron chi connectivity index (χ0n) is 13.1. The number of benzene rings is 1. The summed E-state index contributed by atoms with van der Waals surface area (Å²) in [5, 5.41) is 12.3. The van der Waals surface area contributed by atoms with Crippen LogP contribution < -0.4 is 14.8 Å². The van der Waals surface area contributed by atoms with Gasteiger partial charge in [0.15, 0.2) is 11.5 Å². The SMILES string of the molecule is COc1cc(C(=O)NC2(C(=O)O)CCCCC2)cc(Br)c1OC. The van der Waals surface area contributed by atoms with E-state index < -0.39 is 17.4 Å². The number of ether oxygens (including phenoxy) is 2. The van der Waals surface area contributed by atoms with Gasteiger partial charge in [0.2, 0.25) is 0 Å². The van der Waals surface area contributed by atoms with Crippen molar-refractivity contribution < 1.29 is 24.2 Å². The topological polar surface area (TPSA) is 84.9 Å². The van der Waals surface area contributed by atoms with E-state index in [1.54, 1.807) is 6.07 Å². The lowest BCUT2D eigenvalue weighted by atomic mass is 9.81. The van der Waals surface area contributed by atoms with Crippen LogP contribution in [-0.4, -0.2) is 36.7 Å². The van der Waals surface area contributed by atoms with Gasteiger partial charge in [0.05, 0.1) is 18.7 Å². The molecular formula is C16H20BrNO5. The van der Waals surface area contributed by atoms with E-state index in [2.05, 4.69) is 21.2 Å². The van der Waals surface area contributed by atoms with Crippen molar-refractivity contribution >= 4 is 27.8 Å². The average Bonchev–Trinajstić information content (AvgIpc) is 2.54. The minimum absolute atomic E-state index is 0.320. The molecule has 6 nitrogen and oxygen atoms in total. The van der Waals surface area contributed by atoms with E-state index in [1.165, 1.54) is 20.3 Å². The summed E-state index contributed by atoms with van der Waals surface area (Å²) in [5.41, 5.74) is -0.865. The molecule has 0 atom stereocenters. The lowest BCUT2D eigenvalue weighted by Gasteiger charge is -2.34. The van der Waals surface area contributed by atoms with Gasteiger partial charge in [-0.15, -0.1) is 0 Å². The highest BCUT2D eigenvalue weighted by Gasteiger charge is 2.41. The van der Waals surface area contributed by atoms with Crippen LogP contribution in [-0.2, 0) is 4.79 Å². The molecule has 126 valence electrons. The molecule has 2 rings (SSSR count). The summed E-state index contributed by atoms with van der Waals surface area (Å²) in [6.07, 6.45) is 3.47. The summed E-state index contributed by atoms with van der Waals surface area (Å²) < 4.78 is 11.0. The molecule has 7 heteroatoms. The van der Waals surface area contributed by atoms with Gasteiger partial charge in [-0.1, -0.05) is 19.3 Å². The van der Waals surface area contributed by atoms with Gasteiger partial charge >= 0.3 is 5.97 Å². The monoisotopic (exact) mass is 385 g/mol. The fraction of sp³-hybridized carbons (Fsp3) is 0.500. The molecule has 1 fully saturated rings. The van der Waals surface area contributed by atoms with Gasteiger partial charge in [-0.3, -0.25) is 4.79 Å². The van der Waals surface area contributed by atoms with Crippen molar-refractivity contribution in [1.29, 1.82) is 0 Å². The highest BCUT2D eigenvalue weighted by atomic mass is 79.9. The van der Waals surface area contributed by atoms with Crippen LogP contribution in [0, 0.1) is 0 Å². The molecular weight excluding hydrogens is 366 g/mol. The molecule has 0 bridgehead atoms. The number of amides is 1. The molecule has 1 aromatic rings. The second kappa shape index (κ2) is 7.21. The van der Waals surface area contributed by atoms with Crippen LogP contribution in [0.2, 0.25) is 0 Å². The lowest BCUT2D eigenvalue weighted by Crippen LogP contribution is -2.55. The number of hydrogen-bond donors (Lipinski definition) is 2. The normalized spacial score (nSPS) is 16.5. The van der Waals surface area contributed by atoms with Crippen molar-refractivity contribution in [3.63, 3.8) is 0 Å². The Morgan fingerprint density at radius 3 is 2.35 bits per heavy atom. The number of nitrogens with one attached hydrogen (secondary N) is 1. The number of carbonyl (C=O) groups excluding carboxylic acids is 1. The van der Waals surface area contributed by atoms with Crippen molar-refractivity contribution in [2.75, 3.05) is 14.2 Å². The summed E-state index contributed by atoms with van der Waals surface area (Å²) in [6.45, 7) is 0. The van der Waals surface area contributed by atoms with Crippen LogP contribution >= 0.6 is 15.9 Å². The van der Waals surface area contributed by atoms with Gasteiger partial charge < -0.3 is 19.9 Å². The van der Waals surface area contributed by atoms with Crippen LogP contribution in [0.25, 0.3) is 0 Å². The molecule has 2 N–H and O–H groups in total. The smallest absolute Gasteiger partial charge is 0.329 e. The van der Waals surface area contributed by atoms with E-state index in [0.717, 1.165) is 19.3 Å². The molecule has 1 aliphatic carbocycles. The largest absolute Gasteiger partial charge is 0.493 e. The predicted molar refractivity (Wildman–Crippen MR) is 88.2 cm³/mol. The molecule has 1 aliphatic rings. The van der Waals surface area contributed by atoms with Crippen LogP contribution in [0.3, 0.4) is 0 Å². The molecule has 0 heterocycles. The number of methoxy groups -OCH3 is 2. The maximum absolute atomic E-state index is 12.6. The molecule has 0 aliphatic heterocycles. The van der Waals surface area contributed by atoms with Crippen molar-refractivity contribution in [1.82, 2.24) is 5.32 Å². The second-order valence-electron chi connectivity index (χ2n) is 5.60. The van der Waals surface area contributed by atoms with E-state index in [-0.39, 0.29) is 0 Å². The number of rotatable bonds is 5. The number of aliphatic carboxylic acids is 1. The Balaban J connectivity index is 2.29. The highest BCUT2D eigenvalue weighted by molar-refractivity contribution is 9.10. The number of halogens is 1. The molecule has 0 unspecified atom stereocenters. The molecule has 0 spiro atoms. The molecule has 1 amide bonds. The minimum atomic E-state index is -1.19. The predicted octanol–water partition coefficient (Wildman–Crippen LogP) is 2.98. The average molecular weight is 386 g/mol. The van der Waals surface area contributed by atoms with Crippen molar-refractivity contribution in [3.05, 3.63) is 22.2 Å². The maximum atomic E-state index is 12.6. The van der Waals surface area contributed by atoms with Crippen LogP contribution in [0.4, 0.5) is 0 Å². The van der Waals surface area contributed by atoms with Crippen molar-refractivity contribution in [2.24, 2.45) is 0 Å². The zero-order chi connectivity index (χ0) is 17.0. The van der Waals surface area contributed by atoms with Crippen LogP contribution in [0.15, 0.2) is 16.6 Å². The number of carboxylic acids is 1.